The van der Waals surface area contributed by atoms with Gasteiger partial charge in [-0.3, -0.25) is 0 Å². The van der Waals surface area contributed by atoms with Gasteiger partial charge >= 0.3 is 0 Å². The molecular formula is C11H15FN2O2S. The van der Waals surface area contributed by atoms with E-state index in [0.717, 1.165) is 25.6 Å². The predicted octanol–water partition coefficient (Wildman–Crippen LogP) is 0.713. The normalized spacial score (nSPS) is 20.6. The van der Waals surface area contributed by atoms with Crippen molar-refractivity contribution in [1.82, 2.24) is 10.0 Å². The van der Waals surface area contributed by atoms with Crippen LogP contribution in [-0.2, 0) is 10.0 Å². The van der Waals surface area contributed by atoms with Crippen molar-refractivity contribution in [3.63, 3.8) is 0 Å². The van der Waals surface area contributed by atoms with Crippen LogP contribution in [0.1, 0.15) is 6.42 Å². The Hall–Kier alpha value is -0.980. The van der Waals surface area contributed by atoms with Gasteiger partial charge in [-0.25, -0.2) is 17.5 Å². The monoisotopic (exact) mass is 258 g/mol. The van der Waals surface area contributed by atoms with Gasteiger partial charge in [0.1, 0.15) is 10.7 Å². The molecule has 1 aromatic carbocycles. The van der Waals surface area contributed by atoms with Crippen LogP contribution in [0.3, 0.4) is 0 Å². The number of sulfonamides is 1. The molecule has 0 aromatic heterocycles. The third-order valence-corrected chi connectivity index (χ3v) is 4.31. The van der Waals surface area contributed by atoms with Crippen molar-refractivity contribution >= 4 is 10.0 Å². The van der Waals surface area contributed by atoms with Gasteiger partial charge in [-0.15, -0.1) is 0 Å². The molecule has 1 aromatic rings. The number of benzene rings is 1. The summed E-state index contributed by atoms with van der Waals surface area (Å²) in [6.07, 6.45) is 0.944. The molecular weight excluding hydrogens is 243 g/mol. The zero-order valence-corrected chi connectivity index (χ0v) is 10.1. The minimum atomic E-state index is -3.73. The van der Waals surface area contributed by atoms with Crippen molar-refractivity contribution in [3.8, 4) is 0 Å². The Kier molecular flexibility index (Phi) is 3.76. The SMILES string of the molecule is O=S(=O)(NCC1CCNC1)c1ccccc1F. The summed E-state index contributed by atoms with van der Waals surface area (Å²) in [4.78, 5) is -0.286. The van der Waals surface area contributed by atoms with E-state index in [1.54, 1.807) is 0 Å². The van der Waals surface area contributed by atoms with Crippen LogP contribution in [0.15, 0.2) is 29.2 Å². The lowest BCUT2D eigenvalue weighted by Gasteiger charge is -2.11. The average molecular weight is 258 g/mol. The molecule has 0 bridgehead atoms. The van der Waals surface area contributed by atoms with Crippen LogP contribution < -0.4 is 10.0 Å². The van der Waals surface area contributed by atoms with E-state index in [0.29, 0.717) is 6.54 Å². The highest BCUT2D eigenvalue weighted by molar-refractivity contribution is 7.89. The van der Waals surface area contributed by atoms with Crippen LogP contribution in [0.25, 0.3) is 0 Å². The number of nitrogens with one attached hydrogen (secondary N) is 2. The van der Waals surface area contributed by atoms with Gasteiger partial charge in [-0.2, -0.15) is 0 Å². The van der Waals surface area contributed by atoms with E-state index in [1.807, 2.05) is 0 Å². The standard InChI is InChI=1S/C11H15FN2O2S/c12-10-3-1-2-4-11(10)17(15,16)14-8-9-5-6-13-7-9/h1-4,9,13-14H,5-8H2. The van der Waals surface area contributed by atoms with E-state index in [-0.39, 0.29) is 10.8 Å². The quantitative estimate of drug-likeness (QED) is 0.836. The fourth-order valence-electron chi connectivity index (χ4n) is 1.86. The summed E-state index contributed by atoms with van der Waals surface area (Å²) in [5.74, 6) is -0.430. The number of hydrogen-bond acceptors (Lipinski definition) is 3. The molecule has 1 saturated heterocycles. The van der Waals surface area contributed by atoms with Gasteiger partial charge in [0.15, 0.2) is 0 Å². The predicted molar refractivity (Wildman–Crippen MR) is 62.6 cm³/mol. The average Bonchev–Trinajstić information content (AvgIpc) is 2.80. The second-order valence-electron chi connectivity index (χ2n) is 4.14. The molecule has 1 aliphatic heterocycles. The topological polar surface area (TPSA) is 58.2 Å². The van der Waals surface area contributed by atoms with Crippen LogP contribution >= 0.6 is 0 Å². The molecule has 6 heteroatoms. The Balaban J connectivity index is 2.06. The summed E-state index contributed by atoms with van der Waals surface area (Å²) in [7, 11) is -3.73. The Labute approximate surface area is 100 Å². The molecule has 0 aliphatic carbocycles. The van der Waals surface area contributed by atoms with Crippen molar-refractivity contribution in [1.29, 1.82) is 0 Å². The highest BCUT2D eigenvalue weighted by Crippen LogP contribution is 2.14. The van der Waals surface area contributed by atoms with Gasteiger partial charge in [0.2, 0.25) is 10.0 Å². The first-order chi connectivity index (χ1) is 8.09. The first-order valence-electron chi connectivity index (χ1n) is 5.54. The molecule has 2 rings (SSSR count). The van der Waals surface area contributed by atoms with Crippen LogP contribution in [0.5, 0.6) is 0 Å². The Morgan fingerprint density at radius 2 is 2.18 bits per heavy atom. The van der Waals surface area contributed by atoms with E-state index in [9.17, 15) is 12.8 Å². The lowest BCUT2D eigenvalue weighted by Crippen LogP contribution is -2.30. The van der Waals surface area contributed by atoms with Crippen LogP contribution in [0, 0.1) is 11.7 Å². The first-order valence-corrected chi connectivity index (χ1v) is 7.03. The second kappa shape index (κ2) is 5.12. The Morgan fingerprint density at radius 3 is 2.82 bits per heavy atom. The van der Waals surface area contributed by atoms with Gasteiger partial charge in [0.25, 0.3) is 0 Å². The molecule has 0 saturated carbocycles. The minimum absolute atomic E-state index is 0.286. The molecule has 0 spiro atoms. The van der Waals surface area contributed by atoms with E-state index in [1.165, 1.54) is 18.2 Å². The fraction of sp³-hybridized carbons (Fsp3) is 0.455. The molecule has 94 valence electrons. The van der Waals surface area contributed by atoms with Crippen LogP contribution in [-0.4, -0.2) is 28.1 Å². The third kappa shape index (κ3) is 3.02. The number of halogens is 1. The highest BCUT2D eigenvalue weighted by Gasteiger charge is 2.21. The summed E-state index contributed by atoms with van der Waals surface area (Å²) >= 11 is 0. The zero-order chi connectivity index (χ0) is 12.3. The Bertz CT molecular complexity index is 484. The van der Waals surface area contributed by atoms with Crippen LogP contribution in [0.2, 0.25) is 0 Å². The summed E-state index contributed by atoms with van der Waals surface area (Å²) in [6, 6.07) is 5.39. The summed E-state index contributed by atoms with van der Waals surface area (Å²) in [5, 5.41) is 3.15. The molecule has 1 unspecified atom stereocenters. The largest absolute Gasteiger partial charge is 0.316 e. The van der Waals surface area contributed by atoms with Gasteiger partial charge < -0.3 is 5.32 Å². The smallest absolute Gasteiger partial charge is 0.243 e. The van der Waals surface area contributed by atoms with Gasteiger partial charge in [0.05, 0.1) is 0 Å². The lowest BCUT2D eigenvalue weighted by molar-refractivity contribution is 0.529. The third-order valence-electron chi connectivity index (χ3n) is 2.85. The Morgan fingerprint density at radius 1 is 1.41 bits per heavy atom. The summed E-state index contributed by atoms with van der Waals surface area (Å²) in [5.41, 5.74) is 0. The number of rotatable bonds is 4. The minimum Gasteiger partial charge on any atom is -0.316 e. The van der Waals surface area contributed by atoms with E-state index >= 15 is 0 Å². The van der Waals surface area contributed by atoms with Crippen molar-refractivity contribution in [2.75, 3.05) is 19.6 Å². The van der Waals surface area contributed by atoms with E-state index in [2.05, 4.69) is 10.0 Å². The maximum absolute atomic E-state index is 13.4. The molecule has 4 nitrogen and oxygen atoms in total. The maximum Gasteiger partial charge on any atom is 0.243 e. The molecule has 1 fully saturated rings. The first kappa shape index (κ1) is 12.5. The van der Waals surface area contributed by atoms with Crippen molar-refractivity contribution < 1.29 is 12.8 Å². The van der Waals surface area contributed by atoms with E-state index < -0.39 is 15.8 Å². The maximum atomic E-state index is 13.4. The lowest BCUT2D eigenvalue weighted by atomic mass is 10.1. The fourth-order valence-corrected chi connectivity index (χ4v) is 3.05. The zero-order valence-electron chi connectivity index (χ0n) is 9.32. The van der Waals surface area contributed by atoms with Crippen molar-refractivity contribution in [2.24, 2.45) is 5.92 Å². The van der Waals surface area contributed by atoms with Gasteiger partial charge in [-0.05, 0) is 37.6 Å². The molecule has 17 heavy (non-hydrogen) atoms. The summed E-state index contributed by atoms with van der Waals surface area (Å²) in [6.45, 7) is 2.07. The molecule has 0 amide bonds. The molecule has 0 radical (unpaired) electrons. The van der Waals surface area contributed by atoms with Gasteiger partial charge in [0, 0.05) is 6.54 Å². The van der Waals surface area contributed by atoms with Crippen LogP contribution in [0.4, 0.5) is 4.39 Å². The van der Waals surface area contributed by atoms with E-state index in [4.69, 9.17) is 0 Å². The second-order valence-corrected chi connectivity index (χ2v) is 5.88. The number of hydrogen-bond donors (Lipinski definition) is 2. The molecule has 1 heterocycles. The van der Waals surface area contributed by atoms with Crippen molar-refractivity contribution in [2.45, 2.75) is 11.3 Å². The summed E-state index contributed by atoms with van der Waals surface area (Å²) < 4.78 is 39.5. The molecule has 2 N–H and O–H groups in total. The van der Waals surface area contributed by atoms with Gasteiger partial charge in [-0.1, -0.05) is 12.1 Å². The highest BCUT2D eigenvalue weighted by atomic mass is 32.2. The van der Waals surface area contributed by atoms with Crippen molar-refractivity contribution in [3.05, 3.63) is 30.1 Å². The molecule has 1 atom stereocenters. The molecule has 1 aliphatic rings.